The van der Waals surface area contributed by atoms with Crippen molar-refractivity contribution in [1.82, 2.24) is 28.6 Å². The lowest BCUT2D eigenvalue weighted by Gasteiger charge is -2.24. The number of fused-ring (bicyclic) bond motifs is 1. The zero-order chi connectivity index (χ0) is 22.8. The summed E-state index contributed by atoms with van der Waals surface area (Å²) in [6.07, 6.45) is 4.85. The standard InChI is InChI=1S/C23H24N6O3/c1-16-7-4-5-9-18(16)13-28(12-17-8-6-10-24-11-17)19(30)14-29-22(31)20-21(25-15-26(20)2)27(3)23(29)32/h4-11,15H,12-14H2,1-3H3. The summed E-state index contributed by atoms with van der Waals surface area (Å²) < 4.78 is 3.82. The van der Waals surface area contributed by atoms with Gasteiger partial charge in [-0.15, -0.1) is 0 Å². The molecule has 4 aromatic rings. The second-order valence-corrected chi connectivity index (χ2v) is 7.80. The van der Waals surface area contributed by atoms with E-state index in [0.717, 1.165) is 21.3 Å². The summed E-state index contributed by atoms with van der Waals surface area (Å²) in [5, 5.41) is 0. The Morgan fingerprint density at radius 1 is 1.06 bits per heavy atom. The van der Waals surface area contributed by atoms with Crippen molar-refractivity contribution in [2.45, 2.75) is 26.6 Å². The summed E-state index contributed by atoms with van der Waals surface area (Å²) in [6, 6.07) is 11.5. The molecule has 3 aromatic heterocycles. The van der Waals surface area contributed by atoms with E-state index in [0.29, 0.717) is 18.7 Å². The summed E-state index contributed by atoms with van der Waals surface area (Å²) in [7, 11) is 3.22. The molecule has 1 amide bonds. The van der Waals surface area contributed by atoms with E-state index in [1.807, 2.05) is 43.3 Å². The average Bonchev–Trinajstić information content (AvgIpc) is 3.18. The van der Waals surface area contributed by atoms with Gasteiger partial charge in [0.05, 0.1) is 6.33 Å². The van der Waals surface area contributed by atoms with Crippen molar-refractivity contribution in [3.63, 3.8) is 0 Å². The Morgan fingerprint density at radius 2 is 1.84 bits per heavy atom. The van der Waals surface area contributed by atoms with Crippen molar-refractivity contribution in [3.05, 3.63) is 92.6 Å². The molecular weight excluding hydrogens is 408 g/mol. The monoisotopic (exact) mass is 432 g/mol. The van der Waals surface area contributed by atoms with Gasteiger partial charge in [-0.25, -0.2) is 14.3 Å². The summed E-state index contributed by atoms with van der Waals surface area (Å²) in [6.45, 7) is 2.28. The third kappa shape index (κ3) is 3.96. The Balaban J connectivity index is 1.71. The summed E-state index contributed by atoms with van der Waals surface area (Å²) in [5.41, 5.74) is 2.36. The van der Waals surface area contributed by atoms with Gasteiger partial charge in [0.1, 0.15) is 6.54 Å². The van der Waals surface area contributed by atoms with Crippen molar-refractivity contribution in [2.75, 3.05) is 0 Å². The van der Waals surface area contributed by atoms with Crippen LogP contribution in [-0.4, -0.2) is 34.5 Å². The van der Waals surface area contributed by atoms with E-state index in [1.165, 1.54) is 10.9 Å². The van der Waals surface area contributed by atoms with Crippen LogP contribution >= 0.6 is 0 Å². The Morgan fingerprint density at radius 3 is 2.56 bits per heavy atom. The van der Waals surface area contributed by atoms with Gasteiger partial charge < -0.3 is 9.47 Å². The zero-order valence-corrected chi connectivity index (χ0v) is 18.2. The number of nitrogens with zero attached hydrogens (tertiary/aromatic N) is 6. The molecule has 0 bridgehead atoms. The molecule has 0 aliphatic carbocycles. The van der Waals surface area contributed by atoms with Crippen LogP contribution in [0.25, 0.3) is 11.2 Å². The van der Waals surface area contributed by atoms with Crippen molar-refractivity contribution >= 4 is 17.1 Å². The van der Waals surface area contributed by atoms with Crippen molar-refractivity contribution in [2.24, 2.45) is 14.1 Å². The van der Waals surface area contributed by atoms with E-state index in [4.69, 9.17) is 0 Å². The first-order chi connectivity index (χ1) is 15.4. The van der Waals surface area contributed by atoms with E-state index in [1.54, 1.807) is 36.0 Å². The smallest absolute Gasteiger partial charge is 0.332 e. The Labute approximate surface area is 184 Å². The molecule has 0 spiro atoms. The molecule has 0 unspecified atom stereocenters. The van der Waals surface area contributed by atoms with Crippen molar-refractivity contribution in [1.29, 1.82) is 0 Å². The molecule has 0 saturated heterocycles. The number of carbonyl (C=O) groups is 1. The summed E-state index contributed by atoms with van der Waals surface area (Å²) >= 11 is 0. The first kappa shape index (κ1) is 21.2. The van der Waals surface area contributed by atoms with Gasteiger partial charge in [-0.05, 0) is 29.7 Å². The normalized spacial score (nSPS) is 11.1. The molecule has 1 aromatic carbocycles. The lowest BCUT2D eigenvalue weighted by atomic mass is 10.1. The minimum Gasteiger partial charge on any atom is -0.332 e. The maximum atomic E-state index is 13.4. The molecule has 9 heteroatoms. The Kier molecular flexibility index (Phi) is 5.72. The SMILES string of the molecule is Cc1ccccc1CN(Cc1cccnc1)C(=O)Cn1c(=O)c2c(ncn2C)n(C)c1=O. The highest BCUT2D eigenvalue weighted by atomic mass is 16.2. The van der Waals surface area contributed by atoms with Gasteiger partial charge in [0, 0.05) is 39.6 Å². The minimum absolute atomic E-state index is 0.276. The van der Waals surface area contributed by atoms with E-state index < -0.39 is 11.2 Å². The van der Waals surface area contributed by atoms with E-state index >= 15 is 0 Å². The highest BCUT2D eigenvalue weighted by Crippen LogP contribution is 2.14. The Bertz CT molecular complexity index is 1400. The molecule has 0 aliphatic rings. The maximum Gasteiger partial charge on any atom is 0.332 e. The first-order valence-corrected chi connectivity index (χ1v) is 10.2. The summed E-state index contributed by atoms with van der Waals surface area (Å²) in [4.78, 5) is 49.1. The van der Waals surface area contributed by atoms with Crippen LogP contribution in [-0.2, 0) is 38.5 Å². The van der Waals surface area contributed by atoms with Crippen LogP contribution in [0, 0.1) is 6.92 Å². The van der Waals surface area contributed by atoms with E-state index in [-0.39, 0.29) is 18.0 Å². The van der Waals surface area contributed by atoms with Crippen LogP contribution in [0.1, 0.15) is 16.7 Å². The van der Waals surface area contributed by atoms with E-state index in [2.05, 4.69) is 9.97 Å². The fraction of sp³-hybridized carbons (Fsp3) is 0.261. The third-order valence-electron chi connectivity index (χ3n) is 5.57. The molecule has 0 atom stereocenters. The number of hydrogen-bond donors (Lipinski definition) is 0. The number of aryl methyl sites for hydroxylation is 3. The van der Waals surface area contributed by atoms with Gasteiger partial charge in [0.15, 0.2) is 11.2 Å². The molecule has 164 valence electrons. The molecule has 0 saturated carbocycles. The number of pyridine rings is 1. The number of hydrogen-bond acceptors (Lipinski definition) is 5. The topological polar surface area (TPSA) is 95.0 Å². The second kappa shape index (κ2) is 8.62. The van der Waals surface area contributed by atoms with Gasteiger partial charge in [0.25, 0.3) is 5.56 Å². The number of amides is 1. The van der Waals surface area contributed by atoms with Gasteiger partial charge in [-0.1, -0.05) is 30.3 Å². The number of rotatable bonds is 6. The quantitative estimate of drug-likeness (QED) is 0.459. The van der Waals surface area contributed by atoms with Crippen LogP contribution in [0.3, 0.4) is 0 Å². The van der Waals surface area contributed by atoms with Gasteiger partial charge in [-0.3, -0.25) is 19.1 Å². The first-order valence-electron chi connectivity index (χ1n) is 10.2. The molecule has 4 rings (SSSR count). The largest absolute Gasteiger partial charge is 0.332 e. The molecule has 0 aliphatic heterocycles. The van der Waals surface area contributed by atoms with Gasteiger partial charge in [-0.2, -0.15) is 0 Å². The Hall–Kier alpha value is -4.01. The van der Waals surface area contributed by atoms with Crippen LogP contribution in [0.5, 0.6) is 0 Å². The number of benzene rings is 1. The van der Waals surface area contributed by atoms with Gasteiger partial charge in [0.2, 0.25) is 5.91 Å². The highest BCUT2D eigenvalue weighted by molar-refractivity contribution is 5.77. The molecule has 0 radical (unpaired) electrons. The molecule has 9 nitrogen and oxygen atoms in total. The van der Waals surface area contributed by atoms with Crippen LogP contribution in [0.4, 0.5) is 0 Å². The molecule has 3 heterocycles. The van der Waals surface area contributed by atoms with Crippen LogP contribution in [0.15, 0.2) is 64.7 Å². The highest BCUT2D eigenvalue weighted by Gasteiger charge is 2.21. The predicted molar refractivity (Wildman–Crippen MR) is 120 cm³/mol. The van der Waals surface area contributed by atoms with Crippen molar-refractivity contribution in [3.8, 4) is 0 Å². The minimum atomic E-state index is -0.577. The summed E-state index contributed by atoms with van der Waals surface area (Å²) in [5.74, 6) is -0.335. The molecule has 32 heavy (non-hydrogen) atoms. The fourth-order valence-electron chi connectivity index (χ4n) is 3.71. The molecular formula is C23H24N6O3. The third-order valence-corrected chi connectivity index (χ3v) is 5.57. The van der Waals surface area contributed by atoms with Gasteiger partial charge >= 0.3 is 5.69 Å². The van der Waals surface area contributed by atoms with Crippen LogP contribution < -0.4 is 11.2 Å². The number of imidazole rings is 1. The molecule has 0 N–H and O–H groups in total. The lowest BCUT2D eigenvalue weighted by molar-refractivity contribution is -0.133. The average molecular weight is 432 g/mol. The van der Waals surface area contributed by atoms with E-state index in [9.17, 15) is 14.4 Å². The lowest BCUT2D eigenvalue weighted by Crippen LogP contribution is -2.44. The van der Waals surface area contributed by atoms with Crippen molar-refractivity contribution < 1.29 is 4.79 Å². The fourth-order valence-corrected chi connectivity index (χ4v) is 3.71. The zero-order valence-electron chi connectivity index (χ0n) is 18.2. The van der Waals surface area contributed by atoms with Crippen LogP contribution in [0.2, 0.25) is 0 Å². The second-order valence-electron chi connectivity index (χ2n) is 7.80. The maximum absolute atomic E-state index is 13.4. The number of aromatic nitrogens is 5. The molecule has 0 fully saturated rings. The predicted octanol–water partition coefficient (Wildman–Crippen LogP) is 1.37. The number of carbonyl (C=O) groups excluding carboxylic acids is 1.